The SMILES string of the molecule is CC(C)OCCCN1C(=O)c2oc3ccccc3c(=O)c2[C@@H]1c1cccc(Oc2ccccc2)c1. The van der Waals surface area contributed by atoms with E-state index >= 15 is 0 Å². The van der Waals surface area contributed by atoms with E-state index in [-0.39, 0.29) is 23.2 Å². The highest BCUT2D eigenvalue weighted by Crippen LogP contribution is 2.39. The zero-order valence-corrected chi connectivity index (χ0v) is 19.8. The van der Waals surface area contributed by atoms with Crippen molar-refractivity contribution in [2.24, 2.45) is 0 Å². The first-order chi connectivity index (χ1) is 17.0. The summed E-state index contributed by atoms with van der Waals surface area (Å²) in [5.74, 6) is 1.16. The smallest absolute Gasteiger partial charge is 0.290 e. The summed E-state index contributed by atoms with van der Waals surface area (Å²) in [6.45, 7) is 4.91. The molecule has 6 heteroatoms. The largest absolute Gasteiger partial charge is 0.457 e. The van der Waals surface area contributed by atoms with Gasteiger partial charge in [-0.15, -0.1) is 0 Å². The number of hydrogen-bond acceptors (Lipinski definition) is 5. The van der Waals surface area contributed by atoms with Crippen molar-refractivity contribution in [3.05, 3.63) is 106 Å². The van der Waals surface area contributed by atoms with Gasteiger partial charge >= 0.3 is 0 Å². The molecule has 1 atom stereocenters. The van der Waals surface area contributed by atoms with Gasteiger partial charge in [0.15, 0.2) is 5.43 Å². The Morgan fingerprint density at radius 2 is 1.66 bits per heavy atom. The second-order valence-corrected chi connectivity index (χ2v) is 8.83. The fourth-order valence-corrected chi connectivity index (χ4v) is 4.47. The minimum Gasteiger partial charge on any atom is -0.457 e. The van der Waals surface area contributed by atoms with E-state index in [1.807, 2.05) is 68.4 Å². The summed E-state index contributed by atoms with van der Waals surface area (Å²) >= 11 is 0. The molecule has 0 spiro atoms. The lowest BCUT2D eigenvalue weighted by molar-refractivity contribution is 0.0593. The van der Waals surface area contributed by atoms with Crippen LogP contribution in [0, 0.1) is 0 Å². The van der Waals surface area contributed by atoms with Gasteiger partial charge < -0.3 is 18.8 Å². The zero-order valence-electron chi connectivity index (χ0n) is 19.8. The number of nitrogens with zero attached hydrogens (tertiary/aromatic N) is 1. The Kier molecular flexibility index (Phi) is 6.38. The standard InChI is InChI=1S/C29H27NO5/c1-19(2)33-17-9-16-30-26(20-10-8-13-22(18-20)34-21-11-4-3-5-12-21)25-27(31)23-14-6-7-15-24(23)35-28(25)29(30)32/h3-8,10-15,18-19,26H,9,16-17H2,1-2H3/t26-/m0/s1. The maximum Gasteiger partial charge on any atom is 0.290 e. The van der Waals surface area contributed by atoms with Crippen LogP contribution in [0.5, 0.6) is 11.5 Å². The van der Waals surface area contributed by atoms with Gasteiger partial charge in [0.05, 0.1) is 23.1 Å². The molecule has 0 fully saturated rings. The number of fused-ring (bicyclic) bond motifs is 2. The first-order valence-corrected chi connectivity index (χ1v) is 11.8. The lowest BCUT2D eigenvalue weighted by Gasteiger charge is -2.25. The van der Waals surface area contributed by atoms with E-state index in [1.54, 1.807) is 29.2 Å². The van der Waals surface area contributed by atoms with E-state index < -0.39 is 6.04 Å². The van der Waals surface area contributed by atoms with Gasteiger partial charge in [-0.25, -0.2) is 0 Å². The first-order valence-electron chi connectivity index (χ1n) is 11.8. The molecule has 0 saturated carbocycles. The monoisotopic (exact) mass is 469 g/mol. The number of rotatable bonds is 8. The maximum atomic E-state index is 13.6. The van der Waals surface area contributed by atoms with Gasteiger partial charge in [-0.1, -0.05) is 42.5 Å². The number of carbonyl (C=O) groups excluding carboxylic acids is 1. The third-order valence-electron chi connectivity index (χ3n) is 6.02. The molecule has 1 aliphatic rings. The van der Waals surface area contributed by atoms with Crippen molar-refractivity contribution >= 4 is 16.9 Å². The molecule has 0 saturated heterocycles. The Balaban J connectivity index is 1.56. The van der Waals surface area contributed by atoms with E-state index in [4.69, 9.17) is 13.9 Å². The van der Waals surface area contributed by atoms with E-state index in [0.29, 0.717) is 47.6 Å². The minimum atomic E-state index is -0.572. The molecule has 1 amide bonds. The van der Waals surface area contributed by atoms with E-state index in [9.17, 15) is 9.59 Å². The lowest BCUT2D eigenvalue weighted by Crippen LogP contribution is -2.31. The molecular weight excluding hydrogens is 442 g/mol. The minimum absolute atomic E-state index is 0.109. The molecule has 0 bridgehead atoms. The molecule has 0 radical (unpaired) electrons. The quantitative estimate of drug-likeness (QED) is 0.299. The normalized spacial score (nSPS) is 15.1. The Bertz CT molecular complexity index is 1410. The highest BCUT2D eigenvalue weighted by atomic mass is 16.5. The fourth-order valence-electron chi connectivity index (χ4n) is 4.47. The van der Waals surface area contributed by atoms with Crippen LogP contribution in [0.2, 0.25) is 0 Å². The fraction of sp³-hybridized carbons (Fsp3) is 0.241. The van der Waals surface area contributed by atoms with Crippen molar-refractivity contribution in [1.82, 2.24) is 4.90 Å². The van der Waals surface area contributed by atoms with Gasteiger partial charge in [-0.2, -0.15) is 0 Å². The molecule has 4 aromatic rings. The molecule has 1 aliphatic heterocycles. The van der Waals surface area contributed by atoms with Gasteiger partial charge in [0.2, 0.25) is 5.76 Å². The molecular formula is C29H27NO5. The number of amides is 1. The highest BCUT2D eigenvalue weighted by molar-refractivity contribution is 5.99. The topological polar surface area (TPSA) is 69.0 Å². The van der Waals surface area contributed by atoms with Gasteiger partial charge in [0.25, 0.3) is 5.91 Å². The van der Waals surface area contributed by atoms with Crippen LogP contribution in [0.1, 0.15) is 48.0 Å². The Morgan fingerprint density at radius 3 is 2.46 bits per heavy atom. The molecule has 1 aromatic heterocycles. The number of carbonyl (C=O) groups is 1. The number of benzene rings is 3. The molecule has 0 aliphatic carbocycles. The summed E-state index contributed by atoms with van der Waals surface area (Å²) in [7, 11) is 0. The highest BCUT2D eigenvalue weighted by Gasteiger charge is 2.42. The average molecular weight is 470 g/mol. The average Bonchev–Trinajstić information content (AvgIpc) is 3.14. The van der Waals surface area contributed by atoms with Crippen molar-refractivity contribution in [2.45, 2.75) is 32.4 Å². The zero-order chi connectivity index (χ0) is 24.4. The molecule has 0 unspecified atom stereocenters. The summed E-state index contributed by atoms with van der Waals surface area (Å²) in [6.07, 6.45) is 0.750. The van der Waals surface area contributed by atoms with Crippen molar-refractivity contribution in [1.29, 1.82) is 0 Å². The molecule has 2 heterocycles. The summed E-state index contributed by atoms with van der Waals surface area (Å²) < 4.78 is 17.7. The summed E-state index contributed by atoms with van der Waals surface area (Å²) in [4.78, 5) is 28.8. The van der Waals surface area contributed by atoms with Crippen molar-refractivity contribution in [2.75, 3.05) is 13.2 Å². The van der Waals surface area contributed by atoms with Gasteiger partial charge in [0.1, 0.15) is 17.1 Å². The third kappa shape index (κ3) is 4.57. The first kappa shape index (κ1) is 22.9. The lowest BCUT2D eigenvalue weighted by atomic mass is 9.98. The predicted octanol–water partition coefficient (Wildman–Crippen LogP) is 5.95. The van der Waals surface area contributed by atoms with Crippen molar-refractivity contribution in [3.8, 4) is 11.5 Å². The molecule has 178 valence electrons. The van der Waals surface area contributed by atoms with Gasteiger partial charge in [-0.05, 0) is 62.2 Å². The van der Waals surface area contributed by atoms with Crippen LogP contribution in [0.15, 0.2) is 88.1 Å². The number of ether oxygens (including phenoxy) is 2. The van der Waals surface area contributed by atoms with E-state index in [0.717, 1.165) is 5.56 Å². The van der Waals surface area contributed by atoms with Crippen LogP contribution < -0.4 is 10.2 Å². The predicted molar refractivity (Wildman–Crippen MR) is 134 cm³/mol. The molecule has 5 rings (SSSR count). The van der Waals surface area contributed by atoms with Crippen LogP contribution in [0.4, 0.5) is 0 Å². The molecule has 6 nitrogen and oxygen atoms in total. The van der Waals surface area contributed by atoms with Crippen LogP contribution >= 0.6 is 0 Å². The van der Waals surface area contributed by atoms with E-state index in [2.05, 4.69) is 0 Å². The second-order valence-electron chi connectivity index (χ2n) is 8.83. The van der Waals surface area contributed by atoms with Crippen molar-refractivity contribution < 1.29 is 18.7 Å². The second kappa shape index (κ2) is 9.76. The van der Waals surface area contributed by atoms with Crippen LogP contribution in [-0.2, 0) is 4.74 Å². The molecule has 0 N–H and O–H groups in total. The summed E-state index contributed by atoms with van der Waals surface area (Å²) in [5, 5.41) is 0.464. The number of hydrogen-bond donors (Lipinski definition) is 0. The number of para-hydroxylation sites is 2. The van der Waals surface area contributed by atoms with Gasteiger partial charge in [0, 0.05) is 13.2 Å². The Labute approximate surface area is 203 Å². The molecule has 3 aromatic carbocycles. The summed E-state index contributed by atoms with van der Waals surface area (Å²) in [5.41, 5.74) is 1.39. The Morgan fingerprint density at radius 1 is 0.914 bits per heavy atom. The Hall–Kier alpha value is -3.90. The van der Waals surface area contributed by atoms with Crippen LogP contribution in [0.25, 0.3) is 11.0 Å². The summed E-state index contributed by atoms with van der Waals surface area (Å²) in [6, 6.07) is 23.5. The van der Waals surface area contributed by atoms with Gasteiger partial charge in [-0.3, -0.25) is 9.59 Å². The third-order valence-corrected chi connectivity index (χ3v) is 6.02. The molecule has 35 heavy (non-hydrogen) atoms. The van der Waals surface area contributed by atoms with Crippen LogP contribution in [-0.4, -0.2) is 30.1 Å². The van der Waals surface area contributed by atoms with Crippen LogP contribution in [0.3, 0.4) is 0 Å². The maximum absolute atomic E-state index is 13.6. The van der Waals surface area contributed by atoms with E-state index in [1.165, 1.54) is 0 Å². The van der Waals surface area contributed by atoms with Crippen molar-refractivity contribution in [3.63, 3.8) is 0 Å².